The van der Waals surface area contributed by atoms with Gasteiger partial charge in [-0.2, -0.15) is 0 Å². The van der Waals surface area contributed by atoms with E-state index in [1.165, 1.54) is 5.56 Å². The summed E-state index contributed by atoms with van der Waals surface area (Å²) in [6, 6.07) is 10.3. The van der Waals surface area contributed by atoms with E-state index in [-0.39, 0.29) is 6.04 Å². The van der Waals surface area contributed by atoms with Gasteiger partial charge < -0.3 is 5.73 Å². The lowest BCUT2D eigenvalue weighted by Crippen LogP contribution is -2.17. The van der Waals surface area contributed by atoms with Crippen molar-refractivity contribution >= 4 is 0 Å². The molecule has 0 fully saturated rings. The molecule has 1 aliphatic carbocycles. The molecule has 0 saturated carbocycles. The molecule has 1 heteroatoms. The molecule has 1 aliphatic rings. The topological polar surface area (TPSA) is 26.0 Å². The Kier molecular flexibility index (Phi) is 2.28. The Labute approximate surface area is 78.6 Å². The normalized spacial score (nSPS) is 17.9. The maximum Gasteiger partial charge on any atom is 0.0393 e. The average molecular weight is 171 g/mol. The molecule has 0 spiro atoms. The van der Waals surface area contributed by atoms with E-state index in [9.17, 15) is 0 Å². The van der Waals surface area contributed by atoms with Crippen LogP contribution in [0.15, 0.2) is 54.6 Å². The van der Waals surface area contributed by atoms with Crippen LogP contribution in [0, 0.1) is 5.92 Å². The van der Waals surface area contributed by atoms with Crippen LogP contribution in [0.5, 0.6) is 0 Å². The van der Waals surface area contributed by atoms with Crippen molar-refractivity contribution in [3.63, 3.8) is 0 Å². The molecule has 1 atom stereocenters. The van der Waals surface area contributed by atoms with E-state index in [1.807, 2.05) is 30.4 Å². The Hall–Kier alpha value is -1.34. The highest BCUT2D eigenvalue weighted by molar-refractivity contribution is 5.27. The number of allylic oxidation sites excluding steroid dienone is 2. The molecule has 2 rings (SSSR count). The molecular weight excluding hydrogens is 158 g/mol. The minimum Gasteiger partial charge on any atom is -0.323 e. The molecule has 13 heavy (non-hydrogen) atoms. The van der Waals surface area contributed by atoms with Crippen LogP contribution in [0.25, 0.3) is 0 Å². The highest BCUT2D eigenvalue weighted by atomic mass is 14.6. The van der Waals surface area contributed by atoms with Gasteiger partial charge in [-0.1, -0.05) is 54.6 Å². The van der Waals surface area contributed by atoms with Crippen molar-refractivity contribution in [3.8, 4) is 0 Å². The van der Waals surface area contributed by atoms with E-state index in [4.69, 9.17) is 5.73 Å². The fourth-order valence-electron chi connectivity index (χ4n) is 1.59. The molecule has 0 aliphatic heterocycles. The van der Waals surface area contributed by atoms with Gasteiger partial charge in [-0.3, -0.25) is 0 Å². The highest BCUT2D eigenvalue weighted by Gasteiger charge is 2.14. The quantitative estimate of drug-likeness (QED) is 0.726. The number of benzene rings is 1. The fraction of sp³-hybridized carbons (Fsp3) is 0.167. The third-order valence-electron chi connectivity index (χ3n) is 2.38. The van der Waals surface area contributed by atoms with Crippen molar-refractivity contribution in [2.75, 3.05) is 0 Å². The first kappa shape index (κ1) is 8.27. The molecule has 0 heterocycles. The van der Waals surface area contributed by atoms with Crippen LogP contribution < -0.4 is 5.73 Å². The first-order valence-corrected chi connectivity index (χ1v) is 4.53. The summed E-state index contributed by atoms with van der Waals surface area (Å²) in [6.45, 7) is 0. The van der Waals surface area contributed by atoms with E-state index in [2.05, 4.69) is 24.3 Å². The number of hydrogen-bond donors (Lipinski definition) is 1. The lowest BCUT2D eigenvalue weighted by molar-refractivity contribution is 0.624. The third-order valence-corrected chi connectivity index (χ3v) is 2.38. The smallest absolute Gasteiger partial charge is 0.0393 e. The summed E-state index contributed by atoms with van der Waals surface area (Å²) in [5.74, 6) is 0.363. The Bertz CT molecular complexity index is 312. The molecular formula is C12H13N. The Morgan fingerprint density at radius 3 is 2.23 bits per heavy atom. The standard InChI is InChI=1S/C12H13N/c13-12(11-8-4-5-9-11)10-6-2-1-3-7-10/h1-9,11-12H,13H2/t12-/m0/s1. The fourth-order valence-corrected chi connectivity index (χ4v) is 1.59. The molecule has 0 bridgehead atoms. The van der Waals surface area contributed by atoms with Crippen molar-refractivity contribution in [1.82, 2.24) is 0 Å². The minimum absolute atomic E-state index is 0.0937. The Morgan fingerprint density at radius 2 is 1.62 bits per heavy atom. The van der Waals surface area contributed by atoms with Gasteiger partial charge in [0, 0.05) is 12.0 Å². The lowest BCUT2D eigenvalue weighted by Gasteiger charge is -2.15. The zero-order chi connectivity index (χ0) is 9.10. The minimum atomic E-state index is 0.0937. The van der Waals surface area contributed by atoms with Crippen LogP contribution in [-0.4, -0.2) is 0 Å². The number of hydrogen-bond acceptors (Lipinski definition) is 1. The van der Waals surface area contributed by atoms with Gasteiger partial charge in [0.2, 0.25) is 0 Å². The van der Waals surface area contributed by atoms with Gasteiger partial charge in [0.1, 0.15) is 0 Å². The van der Waals surface area contributed by atoms with Crippen LogP contribution in [-0.2, 0) is 0 Å². The second-order valence-electron chi connectivity index (χ2n) is 3.28. The zero-order valence-corrected chi connectivity index (χ0v) is 7.43. The monoisotopic (exact) mass is 171 g/mol. The van der Waals surface area contributed by atoms with Gasteiger partial charge in [0.05, 0.1) is 0 Å². The maximum atomic E-state index is 6.10. The van der Waals surface area contributed by atoms with E-state index in [0.717, 1.165) is 0 Å². The SMILES string of the molecule is N[C@@H](c1ccccc1)C1C=CC=C1. The summed E-state index contributed by atoms with van der Waals surface area (Å²) < 4.78 is 0. The van der Waals surface area contributed by atoms with Crippen LogP contribution in [0.2, 0.25) is 0 Å². The number of rotatable bonds is 2. The van der Waals surface area contributed by atoms with Gasteiger partial charge in [0.25, 0.3) is 0 Å². The predicted molar refractivity (Wildman–Crippen MR) is 55.1 cm³/mol. The summed E-state index contributed by atoms with van der Waals surface area (Å²) in [5.41, 5.74) is 7.30. The summed E-state index contributed by atoms with van der Waals surface area (Å²) in [5, 5.41) is 0. The second-order valence-corrected chi connectivity index (χ2v) is 3.28. The van der Waals surface area contributed by atoms with Crippen molar-refractivity contribution < 1.29 is 0 Å². The first-order chi connectivity index (χ1) is 6.38. The second kappa shape index (κ2) is 3.58. The van der Waals surface area contributed by atoms with E-state index in [1.54, 1.807) is 0 Å². The molecule has 1 aromatic rings. The highest BCUT2D eigenvalue weighted by Crippen LogP contribution is 2.24. The van der Waals surface area contributed by atoms with Crippen LogP contribution >= 0.6 is 0 Å². The molecule has 0 unspecified atom stereocenters. The maximum absolute atomic E-state index is 6.10. The van der Waals surface area contributed by atoms with Crippen molar-refractivity contribution in [2.45, 2.75) is 6.04 Å². The van der Waals surface area contributed by atoms with Crippen molar-refractivity contribution in [2.24, 2.45) is 11.7 Å². The molecule has 0 radical (unpaired) electrons. The Balaban J connectivity index is 2.18. The third kappa shape index (κ3) is 1.70. The van der Waals surface area contributed by atoms with E-state index < -0.39 is 0 Å². The van der Waals surface area contributed by atoms with E-state index >= 15 is 0 Å². The predicted octanol–water partition coefficient (Wildman–Crippen LogP) is 2.43. The first-order valence-electron chi connectivity index (χ1n) is 4.53. The summed E-state index contributed by atoms with van der Waals surface area (Å²) in [7, 11) is 0. The van der Waals surface area contributed by atoms with Crippen LogP contribution in [0.4, 0.5) is 0 Å². The number of nitrogens with two attached hydrogens (primary N) is 1. The molecule has 0 saturated heterocycles. The van der Waals surface area contributed by atoms with Crippen molar-refractivity contribution in [1.29, 1.82) is 0 Å². The zero-order valence-electron chi connectivity index (χ0n) is 7.43. The summed E-state index contributed by atoms with van der Waals surface area (Å²) >= 11 is 0. The summed E-state index contributed by atoms with van der Waals surface area (Å²) in [4.78, 5) is 0. The largest absolute Gasteiger partial charge is 0.323 e. The van der Waals surface area contributed by atoms with Gasteiger partial charge >= 0.3 is 0 Å². The molecule has 1 nitrogen and oxygen atoms in total. The van der Waals surface area contributed by atoms with Crippen LogP contribution in [0.1, 0.15) is 11.6 Å². The molecule has 1 aromatic carbocycles. The average Bonchev–Trinajstić information content (AvgIpc) is 2.71. The summed E-state index contributed by atoms with van der Waals surface area (Å²) in [6.07, 6.45) is 8.37. The van der Waals surface area contributed by atoms with Gasteiger partial charge in [-0.05, 0) is 5.56 Å². The van der Waals surface area contributed by atoms with E-state index in [0.29, 0.717) is 5.92 Å². The van der Waals surface area contributed by atoms with Gasteiger partial charge in [-0.15, -0.1) is 0 Å². The van der Waals surface area contributed by atoms with Gasteiger partial charge in [-0.25, -0.2) is 0 Å². The molecule has 66 valence electrons. The molecule has 0 amide bonds. The molecule has 2 N–H and O–H groups in total. The van der Waals surface area contributed by atoms with Crippen molar-refractivity contribution in [3.05, 3.63) is 60.2 Å². The molecule has 0 aromatic heterocycles. The Morgan fingerprint density at radius 1 is 1.00 bits per heavy atom. The lowest BCUT2D eigenvalue weighted by atomic mass is 9.95. The van der Waals surface area contributed by atoms with Gasteiger partial charge in [0.15, 0.2) is 0 Å². The van der Waals surface area contributed by atoms with Crippen LogP contribution in [0.3, 0.4) is 0 Å².